The van der Waals surface area contributed by atoms with Gasteiger partial charge >= 0.3 is 4.87 Å². The number of aromatic amines is 1. The smallest absolute Gasteiger partial charge is 0.305 e. The summed E-state index contributed by atoms with van der Waals surface area (Å²) in [6.45, 7) is 6.57. The Labute approximate surface area is 251 Å². The quantitative estimate of drug-likeness (QED) is 0.381. The lowest BCUT2D eigenvalue weighted by Gasteiger charge is -2.43. The van der Waals surface area contributed by atoms with Crippen molar-refractivity contribution in [2.75, 3.05) is 11.9 Å². The zero-order chi connectivity index (χ0) is 29.5. The van der Waals surface area contributed by atoms with Crippen molar-refractivity contribution in [1.29, 1.82) is 0 Å². The summed E-state index contributed by atoms with van der Waals surface area (Å²) >= 11 is 2.93. The predicted octanol–water partition coefficient (Wildman–Crippen LogP) is 5.38. The predicted molar refractivity (Wildman–Crippen MR) is 160 cm³/mol. The van der Waals surface area contributed by atoms with Gasteiger partial charge in [0, 0.05) is 34.7 Å². The van der Waals surface area contributed by atoms with Crippen LogP contribution >= 0.6 is 23.1 Å². The first-order valence-electron chi connectivity index (χ1n) is 14.4. The van der Waals surface area contributed by atoms with E-state index in [4.69, 9.17) is 0 Å². The molecule has 7 atom stereocenters. The summed E-state index contributed by atoms with van der Waals surface area (Å²) in [5, 5.41) is 3.73. The Morgan fingerprint density at radius 3 is 2.33 bits per heavy atom. The van der Waals surface area contributed by atoms with Gasteiger partial charge in [-0.2, -0.15) is 0 Å². The largest absolute Gasteiger partial charge is 0.326 e. The second-order valence-electron chi connectivity index (χ2n) is 13.0. The number of nitrogens with one attached hydrogen (secondary N) is 2. The van der Waals surface area contributed by atoms with E-state index < -0.39 is 11.7 Å². The van der Waals surface area contributed by atoms with Crippen molar-refractivity contribution in [2.45, 2.75) is 55.2 Å². The van der Waals surface area contributed by atoms with Crippen molar-refractivity contribution in [3.63, 3.8) is 0 Å². The molecule has 3 aromatic rings. The van der Waals surface area contributed by atoms with E-state index in [1.165, 1.54) is 46.1 Å². The average molecular weight is 606 g/mol. The zero-order valence-electron chi connectivity index (χ0n) is 23.6. The molecule has 1 saturated heterocycles. The molecule has 3 heterocycles. The molecule has 0 radical (unpaired) electrons. The Kier molecular flexibility index (Phi) is 6.51. The highest BCUT2D eigenvalue weighted by atomic mass is 32.2. The van der Waals surface area contributed by atoms with Crippen molar-refractivity contribution in [3.8, 4) is 0 Å². The average Bonchev–Trinajstić information content (AvgIpc) is 3.67. The first-order chi connectivity index (χ1) is 20.0. The molecule has 3 fully saturated rings. The molecule has 1 aromatic heterocycles. The fourth-order valence-corrected chi connectivity index (χ4v) is 10.7. The molecule has 42 heavy (non-hydrogen) atoms. The first kappa shape index (κ1) is 27.6. The van der Waals surface area contributed by atoms with Crippen LogP contribution in [0.15, 0.2) is 58.4 Å². The Balaban J connectivity index is 1.14. The molecule has 2 bridgehead atoms. The van der Waals surface area contributed by atoms with E-state index in [-0.39, 0.29) is 75.8 Å². The van der Waals surface area contributed by atoms with E-state index in [1.54, 1.807) is 11.8 Å². The van der Waals surface area contributed by atoms with E-state index >= 15 is 0 Å². The molecule has 4 aliphatic rings. The van der Waals surface area contributed by atoms with Crippen LogP contribution in [0.25, 0.3) is 0 Å². The minimum atomic E-state index is -0.397. The molecule has 2 N–H and O–H groups in total. The second-order valence-corrected chi connectivity index (χ2v) is 15.2. The monoisotopic (exact) mass is 605 g/mol. The SMILES string of the molecule is CC(C)(C)c1ccc(C2c3sc(=O)[nH]c3SC3C4CC(C5C(=O)N(CCC(=O)Nc6ccc(F)cc6)C(=O)C45)C23)cc1. The molecule has 10 heteroatoms. The molecule has 0 spiro atoms. The number of hydrogen-bond donors (Lipinski definition) is 2. The first-order valence-corrected chi connectivity index (χ1v) is 16.1. The summed E-state index contributed by atoms with van der Waals surface area (Å²) in [4.78, 5) is 57.8. The van der Waals surface area contributed by atoms with Gasteiger partial charge in [0.05, 0.1) is 16.9 Å². The number of thioether (sulfide) groups is 1. The number of thiazole rings is 1. The second kappa shape index (κ2) is 9.91. The number of halogens is 1. The molecule has 7 nitrogen and oxygen atoms in total. The van der Waals surface area contributed by atoms with Crippen LogP contribution in [0, 0.1) is 35.4 Å². The van der Waals surface area contributed by atoms with Crippen LogP contribution in [0.4, 0.5) is 10.1 Å². The number of carbonyl (C=O) groups is 3. The van der Waals surface area contributed by atoms with Gasteiger partial charge in [0.15, 0.2) is 0 Å². The molecule has 2 aliphatic heterocycles. The Morgan fingerprint density at radius 2 is 1.67 bits per heavy atom. The van der Waals surface area contributed by atoms with Crippen LogP contribution in [0.1, 0.15) is 55.5 Å². The van der Waals surface area contributed by atoms with Crippen molar-refractivity contribution < 1.29 is 18.8 Å². The number of H-pyrrole nitrogens is 1. The van der Waals surface area contributed by atoms with E-state index in [2.05, 4.69) is 55.3 Å². The maximum absolute atomic E-state index is 13.8. The summed E-state index contributed by atoms with van der Waals surface area (Å²) in [5.74, 6) is -1.66. The minimum absolute atomic E-state index is 0.0152. The Bertz CT molecular complexity index is 1640. The fraction of sp³-hybridized carbons (Fsp3) is 0.438. The minimum Gasteiger partial charge on any atom is -0.326 e. The zero-order valence-corrected chi connectivity index (χ0v) is 25.2. The third-order valence-electron chi connectivity index (χ3n) is 9.64. The summed E-state index contributed by atoms with van der Waals surface area (Å²) in [5.41, 5.74) is 2.86. The lowest BCUT2D eigenvalue weighted by atomic mass is 9.68. The lowest BCUT2D eigenvalue weighted by molar-refractivity contribution is -0.141. The highest BCUT2D eigenvalue weighted by Gasteiger charge is 2.69. The number of aromatic nitrogens is 1. The fourth-order valence-electron chi connectivity index (χ4n) is 7.83. The van der Waals surface area contributed by atoms with E-state index in [1.807, 2.05) is 0 Å². The van der Waals surface area contributed by atoms with Crippen LogP contribution in [0.5, 0.6) is 0 Å². The number of likely N-dealkylation sites (tertiary alicyclic amines) is 1. The van der Waals surface area contributed by atoms with Gasteiger partial charge in [-0.3, -0.25) is 24.1 Å². The van der Waals surface area contributed by atoms with E-state index in [0.717, 1.165) is 21.9 Å². The summed E-state index contributed by atoms with van der Waals surface area (Å²) in [6.07, 6.45) is 0.802. The number of amides is 3. The van der Waals surface area contributed by atoms with Crippen molar-refractivity contribution >= 4 is 46.5 Å². The van der Waals surface area contributed by atoms with Gasteiger partial charge in [0.2, 0.25) is 17.7 Å². The van der Waals surface area contributed by atoms with Crippen LogP contribution in [-0.4, -0.2) is 39.4 Å². The third-order valence-corrected chi connectivity index (χ3v) is 12.2. The maximum atomic E-state index is 13.8. The third kappa shape index (κ3) is 4.37. The molecular weight excluding hydrogens is 574 g/mol. The number of imide groups is 1. The lowest BCUT2D eigenvalue weighted by Crippen LogP contribution is -2.42. The van der Waals surface area contributed by atoms with Gasteiger partial charge in [0.1, 0.15) is 5.82 Å². The number of benzene rings is 2. The van der Waals surface area contributed by atoms with Gasteiger partial charge in [-0.15, -0.1) is 11.8 Å². The molecule has 7 rings (SSSR count). The van der Waals surface area contributed by atoms with Crippen LogP contribution in [0.3, 0.4) is 0 Å². The number of rotatable bonds is 5. The molecule has 7 unspecified atom stereocenters. The number of fused-ring (bicyclic) bond motifs is 9. The molecular formula is C32H32FN3O4S2. The van der Waals surface area contributed by atoms with Crippen molar-refractivity contribution in [2.24, 2.45) is 29.6 Å². The van der Waals surface area contributed by atoms with Crippen molar-refractivity contribution in [1.82, 2.24) is 9.88 Å². The van der Waals surface area contributed by atoms with Gasteiger partial charge in [-0.25, -0.2) is 4.39 Å². The molecule has 218 valence electrons. The van der Waals surface area contributed by atoms with Crippen molar-refractivity contribution in [3.05, 3.63) is 80.0 Å². The Morgan fingerprint density at radius 1 is 1.00 bits per heavy atom. The summed E-state index contributed by atoms with van der Waals surface area (Å²) in [6, 6.07) is 14.1. The van der Waals surface area contributed by atoms with Gasteiger partial charge in [-0.1, -0.05) is 56.4 Å². The van der Waals surface area contributed by atoms with Crippen LogP contribution in [0.2, 0.25) is 0 Å². The highest BCUT2D eigenvalue weighted by Crippen LogP contribution is 2.68. The standard InChI is InChI=1S/C32H32FN3O4S2/c1-32(2,3)16-6-4-15(5-7-16)22-23-19-14-20(26(23)41-28-27(22)42-31(40)35-28)25-24(19)29(38)36(30(25)39)13-12-21(37)34-18-10-8-17(33)9-11-18/h4-11,19-20,22-26H,12-14H2,1-3H3,(H,34,37)(H,35,40). The number of nitrogens with zero attached hydrogens (tertiary/aromatic N) is 1. The van der Waals surface area contributed by atoms with Gasteiger partial charge in [-0.05, 0) is 65.0 Å². The van der Waals surface area contributed by atoms with Crippen LogP contribution < -0.4 is 10.2 Å². The van der Waals surface area contributed by atoms with Crippen LogP contribution in [-0.2, 0) is 19.8 Å². The summed E-state index contributed by atoms with van der Waals surface area (Å²) < 4.78 is 13.2. The summed E-state index contributed by atoms with van der Waals surface area (Å²) in [7, 11) is 0. The van der Waals surface area contributed by atoms with E-state index in [9.17, 15) is 23.6 Å². The van der Waals surface area contributed by atoms with Gasteiger partial charge in [0.25, 0.3) is 0 Å². The molecule has 2 saturated carbocycles. The number of hydrogen-bond acceptors (Lipinski definition) is 6. The van der Waals surface area contributed by atoms with Gasteiger partial charge < -0.3 is 10.3 Å². The highest BCUT2D eigenvalue weighted by molar-refractivity contribution is 8.00. The topological polar surface area (TPSA) is 99.3 Å². The number of anilines is 1. The van der Waals surface area contributed by atoms with E-state index in [0.29, 0.717) is 5.69 Å². The number of carbonyl (C=O) groups excluding carboxylic acids is 3. The normalized spacial score (nSPS) is 29.4. The maximum Gasteiger partial charge on any atom is 0.305 e. The molecule has 2 aliphatic carbocycles. The Hall–Kier alpha value is -3.24. The molecule has 2 aromatic carbocycles. The molecule has 3 amide bonds.